The lowest BCUT2D eigenvalue weighted by molar-refractivity contribution is -0.126. The summed E-state index contributed by atoms with van der Waals surface area (Å²) in [5.41, 5.74) is -0.0891. The first kappa shape index (κ1) is 8.12. The highest BCUT2D eigenvalue weighted by Gasteiger charge is 2.46. The second-order valence-electron chi connectivity index (χ2n) is 4.01. The van der Waals surface area contributed by atoms with Crippen molar-refractivity contribution >= 4 is 17.5 Å². The van der Waals surface area contributed by atoms with Crippen LogP contribution in [0, 0.1) is 5.41 Å². The lowest BCUT2D eigenvalue weighted by Gasteiger charge is -2.18. The van der Waals surface area contributed by atoms with E-state index in [0.29, 0.717) is 5.78 Å². The van der Waals surface area contributed by atoms with E-state index in [1.165, 1.54) is 0 Å². The Hall–Kier alpha value is 0.0200. The molecule has 0 aromatic carbocycles. The Balaban J connectivity index is 2.88. The molecular weight excluding hydrogens is 144 g/mol. The smallest absolute Gasteiger partial charge is 0.154 e. The molecule has 0 aromatic rings. The molecule has 0 atom stereocenters. The van der Waals surface area contributed by atoms with Crippen LogP contribution in [-0.2, 0) is 4.79 Å². The summed E-state index contributed by atoms with van der Waals surface area (Å²) >= 11 is 1.77. The van der Waals surface area contributed by atoms with Crippen molar-refractivity contribution in [3.05, 3.63) is 0 Å². The quantitative estimate of drug-likeness (QED) is 0.537. The van der Waals surface area contributed by atoms with Gasteiger partial charge in [0.2, 0.25) is 0 Å². The number of carbonyl (C=O) groups is 1. The molecule has 1 aliphatic heterocycles. The van der Waals surface area contributed by atoms with Crippen LogP contribution in [0.3, 0.4) is 0 Å². The maximum absolute atomic E-state index is 11.5. The third-order valence-corrected chi connectivity index (χ3v) is 3.73. The highest BCUT2D eigenvalue weighted by molar-refractivity contribution is 8.02. The number of hydrogen-bond acceptors (Lipinski definition) is 2. The van der Waals surface area contributed by atoms with Gasteiger partial charge in [-0.05, 0) is 13.8 Å². The van der Waals surface area contributed by atoms with Crippen LogP contribution in [-0.4, -0.2) is 16.3 Å². The van der Waals surface area contributed by atoms with Gasteiger partial charge in [-0.2, -0.15) is 0 Å². The fourth-order valence-corrected chi connectivity index (χ4v) is 2.57. The van der Waals surface area contributed by atoms with E-state index >= 15 is 0 Å². The van der Waals surface area contributed by atoms with Gasteiger partial charge in [0.25, 0.3) is 0 Å². The third-order valence-electron chi connectivity index (χ3n) is 1.96. The van der Waals surface area contributed by atoms with Crippen LogP contribution < -0.4 is 0 Å². The van der Waals surface area contributed by atoms with E-state index in [1.807, 2.05) is 27.7 Å². The molecule has 1 aliphatic rings. The molecule has 58 valence electrons. The van der Waals surface area contributed by atoms with Crippen LogP contribution in [0.5, 0.6) is 0 Å². The first-order chi connectivity index (χ1) is 4.36. The van der Waals surface area contributed by atoms with Gasteiger partial charge < -0.3 is 0 Å². The van der Waals surface area contributed by atoms with Crippen LogP contribution in [0.2, 0.25) is 0 Å². The summed E-state index contributed by atoms with van der Waals surface area (Å²) < 4.78 is -0.135. The van der Waals surface area contributed by atoms with E-state index in [9.17, 15) is 4.79 Å². The summed E-state index contributed by atoms with van der Waals surface area (Å²) in [6, 6.07) is 0. The van der Waals surface area contributed by atoms with E-state index < -0.39 is 0 Å². The van der Waals surface area contributed by atoms with Crippen LogP contribution in [0.4, 0.5) is 0 Å². The van der Waals surface area contributed by atoms with Gasteiger partial charge in [-0.1, -0.05) is 13.8 Å². The van der Waals surface area contributed by atoms with Crippen LogP contribution in [0.1, 0.15) is 27.7 Å². The highest BCUT2D eigenvalue weighted by atomic mass is 32.2. The van der Waals surface area contributed by atoms with Crippen molar-refractivity contribution in [1.82, 2.24) is 0 Å². The SMILES string of the molecule is CC1(C)CSC(C)(C)C1=O. The second kappa shape index (κ2) is 2.00. The number of rotatable bonds is 0. The number of Topliss-reactive ketones (excluding diaryl/α,β-unsaturated/α-hetero) is 1. The fraction of sp³-hybridized carbons (Fsp3) is 0.875. The van der Waals surface area contributed by atoms with Crippen LogP contribution in [0.15, 0.2) is 0 Å². The standard InChI is InChI=1S/C8H14OS/c1-7(2)5-10-8(3,4)6(7)9/h5H2,1-4H3. The number of thioether (sulfide) groups is 1. The summed E-state index contributed by atoms with van der Waals surface area (Å²) in [5.74, 6) is 1.36. The zero-order valence-electron chi connectivity index (χ0n) is 7.02. The van der Waals surface area contributed by atoms with Crippen molar-refractivity contribution in [2.45, 2.75) is 32.4 Å². The Labute approximate surface area is 66.6 Å². The fourth-order valence-electron chi connectivity index (χ4n) is 1.31. The van der Waals surface area contributed by atoms with E-state index in [0.717, 1.165) is 5.75 Å². The molecule has 0 unspecified atom stereocenters. The highest BCUT2D eigenvalue weighted by Crippen LogP contribution is 2.44. The maximum atomic E-state index is 11.5. The molecule has 0 N–H and O–H groups in total. The Morgan fingerprint density at radius 1 is 1.30 bits per heavy atom. The molecule has 10 heavy (non-hydrogen) atoms. The molecule has 1 nitrogen and oxygen atoms in total. The Morgan fingerprint density at radius 2 is 1.80 bits per heavy atom. The monoisotopic (exact) mass is 158 g/mol. The van der Waals surface area contributed by atoms with Gasteiger partial charge in [0.1, 0.15) is 0 Å². The first-order valence-electron chi connectivity index (χ1n) is 3.55. The van der Waals surface area contributed by atoms with Crippen molar-refractivity contribution in [3.8, 4) is 0 Å². The van der Waals surface area contributed by atoms with Gasteiger partial charge in [-0.3, -0.25) is 4.79 Å². The number of ketones is 1. The van der Waals surface area contributed by atoms with Crippen LogP contribution >= 0.6 is 11.8 Å². The largest absolute Gasteiger partial charge is 0.298 e. The average Bonchev–Trinajstić information content (AvgIpc) is 1.95. The number of hydrogen-bond donors (Lipinski definition) is 0. The summed E-state index contributed by atoms with van der Waals surface area (Å²) in [5, 5.41) is 0. The molecule has 0 bridgehead atoms. The molecule has 1 fully saturated rings. The van der Waals surface area contributed by atoms with Gasteiger partial charge in [0.15, 0.2) is 5.78 Å². The van der Waals surface area contributed by atoms with E-state index in [-0.39, 0.29) is 10.2 Å². The molecule has 0 saturated carbocycles. The maximum Gasteiger partial charge on any atom is 0.154 e. The van der Waals surface area contributed by atoms with Crippen molar-refractivity contribution in [2.75, 3.05) is 5.75 Å². The summed E-state index contributed by atoms with van der Waals surface area (Å²) in [6.07, 6.45) is 0. The first-order valence-corrected chi connectivity index (χ1v) is 4.54. The normalized spacial score (nSPS) is 29.0. The lowest BCUT2D eigenvalue weighted by Crippen LogP contribution is -2.31. The lowest BCUT2D eigenvalue weighted by atomic mass is 9.85. The zero-order valence-corrected chi connectivity index (χ0v) is 7.84. The number of carbonyl (C=O) groups excluding carboxylic acids is 1. The van der Waals surface area contributed by atoms with Crippen molar-refractivity contribution in [2.24, 2.45) is 5.41 Å². The minimum atomic E-state index is -0.135. The van der Waals surface area contributed by atoms with E-state index in [4.69, 9.17) is 0 Å². The average molecular weight is 158 g/mol. The van der Waals surface area contributed by atoms with Gasteiger partial charge >= 0.3 is 0 Å². The molecule has 1 heterocycles. The minimum absolute atomic E-state index is 0.0891. The molecule has 0 radical (unpaired) electrons. The molecule has 0 aliphatic carbocycles. The molecule has 0 spiro atoms. The van der Waals surface area contributed by atoms with Gasteiger partial charge in [-0.15, -0.1) is 11.8 Å². The molecule has 1 saturated heterocycles. The van der Waals surface area contributed by atoms with E-state index in [1.54, 1.807) is 11.8 Å². The predicted molar refractivity (Wildman–Crippen MR) is 45.3 cm³/mol. The molecule has 0 aromatic heterocycles. The second-order valence-corrected chi connectivity index (χ2v) is 5.61. The van der Waals surface area contributed by atoms with Crippen molar-refractivity contribution in [3.63, 3.8) is 0 Å². The predicted octanol–water partition coefficient (Wildman–Crippen LogP) is 2.11. The molecule has 0 amide bonds. The van der Waals surface area contributed by atoms with Gasteiger partial charge in [-0.25, -0.2) is 0 Å². The molecule has 2 heteroatoms. The molecular formula is C8H14OS. The van der Waals surface area contributed by atoms with Gasteiger partial charge in [0, 0.05) is 11.2 Å². The zero-order chi connectivity index (χ0) is 7.99. The van der Waals surface area contributed by atoms with Crippen molar-refractivity contribution in [1.29, 1.82) is 0 Å². The Kier molecular flexibility index (Phi) is 1.63. The minimum Gasteiger partial charge on any atom is -0.298 e. The summed E-state index contributed by atoms with van der Waals surface area (Å²) in [6.45, 7) is 8.07. The topological polar surface area (TPSA) is 17.1 Å². The van der Waals surface area contributed by atoms with Crippen molar-refractivity contribution < 1.29 is 4.79 Å². The Bertz CT molecular complexity index is 152. The Morgan fingerprint density at radius 3 is 1.90 bits per heavy atom. The van der Waals surface area contributed by atoms with Crippen LogP contribution in [0.25, 0.3) is 0 Å². The van der Waals surface area contributed by atoms with Gasteiger partial charge in [0.05, 0.1) is 4.75 Å². The summed E-state index contributed by atoms with van der Waals surface area (Å²) in [4.78, 5) is 11.5. The van der Waals surface area contributed by atoms with E-state index in [2.05, 4.69) is 0 Å². The summed E-state index contributed by atoms with van der Waals surface area (Å²) in [7, 11) is 0. The third kappa shape index (κ3) is 1.09. The molecule has 1 rings (SSSR count).